The third-order valence-corrected chi connectivity index (χ3v) is 5.54. The van der Waals surface area contributed by atoms with Crippen LogP contribution in [0, 0.1) is 6.92 Å². The standard InChI is InChI=1S/C22H26O8/c1-5-6-13-8-12-9-16(24)22(3,20(26)14(12)10-29-13)30-21(27)17-11(2)7-15(23)18(25)19(17)28-4/h7-8,16,23-25H,5-6,9-10H2,1-4H3/t16-,22-/m1/s1. The minimum atomic E-state index is -1.83. The summed E-state index contributed by atoms with van der Waals surface area (Å²) in [6.45, 7) is 4.95. The first-order valence-corrected chi connectivity index (χ1v) is 9.75. The molecule has 30 heavy (non-hydrogen) atoms. The summed E-state index contributed by atoms with van der Waals surface area (Å²) >= 11 is 0. The number of Topliss-reactive ketones (excluding diaryl/α,β-unsaturated/α-hetero) is 1. The van der Waals surface area contributed by atoms with Crippen LogP contribution in [0.15, 0.2) is 29.0 Å². The van der Waals surface area contributed by atoms with E-state index in [0.717, 1.165) is 18.6 Å². The maximum Gasteiger partial charge on any atom is 0.343 e. The number of carbonyl (C=O) groups excluding carboxylic acids is 2. The van der Waals surface area contributed by atoms with Gasteiger partial charge in [0.15, 0.2) is 17.1 Å². The van der Waals surface area contributed by atoms with E-state index < -0.39 is 35.0 Å². The number of ether oxygens (including phenoxy) is 3. The molecule has 0 amide bonds. The summed E-state index contributed by atoms with van der Waals surface area (Å²) < 4.78 is 16.2. The van der Waals surface area contributed by atoms with Crippen LogP contribution < -0.4 is 4.74 Å². The first-order chi connectivity index (χ1) is 14.1. The van der Waals surface area contributed by atoms with Crippen molar-refractivity contribution in [3.8, 4) is 17.2 Å². The Balaban J connectivity index is 1.95. The molecule has 1 aliphatic carbocycles. The maximum atomic E-state index is 13.2. The first kappa shape index (κ1) is 21.7. The molecule has 1 aromatic carbocycles. The van der Waals surface area contributed by atoms with E-state index in [0.29, 0.717) is 11.1 Å². The van der Waals surface area contributed by atoms with Crippen LogP contribution in [0.1, 0.15) is 49.0 Å². The number of esters is 1. The third kappa shape index (κ3) is 3.52. The van der Waals surface area contributed by atoms with Crippen molar-refractivity contribution in [3.05, 3.63) is 40.2 Å². The normalized spacial score (nSPS) is 23.4. The summed E-state index contributed by atoms with van der Waals surface area (Å²) in [5.41, 5.74) is -0.639. The lowest BCUT2D eigenvalue weighted by Gasteiger charge is -2.39. The molecular weight excluding hydrogens is 392 g/mol. The Hall–Kier alpha value is -3.00. The van der Waals surface area contributed by atoms with E-state index in [1.165, 1.54) is 27.0 Å². The molecule has 0 saturated heterocycles. The number of carbonyl (C=O) groups is 2. The van der Waals surface area contributed by atoms with Crippen molar-refractivity contribution in [1.29, 1.82) is 0 Å². The number of hydrogen-bond acceptors (Lipinski definition) is 8. The van der Waals surface area contributed by atoms with Crippen LogP contribution in [0.3, 0.4) is 0 Å². The number of benzene rings is 1. The predicted molar refractivity (Wildman–Crippen MR) is 106 cm³/mol. The van der Waals surface area contributed by atoms with E-state index >= 15 is 0 Å². The number of rotatable bonds is 5. The van der Waals surface area contributed by atoms with Crippen LogP contribution in [-0.2, 0) is 14.3 Å². The molecule has 8 heteroatoms. The van der Waals surface area contributed by atoms with Gasteiger partial charge in [-0.05, 0) is 43.5 Å². The molecule has 0 spiro atoms. The highest BCUT2D eigenvalue weighted by Crippen LogP contribution is 2.42. The van der Waals surface area contributed by atoms with Gasteiger partial charge >= 0.3 is 5.97 Å². The van der Waals surface area contributed by atoms with Crippen molar-refractivity contribution in [2.75, 3.05) is 13.7 Å². The van der Waals surface area contributed by atoms with Crippen LogP contribution in [0.4, 0.5) is 0 Å². The number of methoxy groups -OCH3 is 1. The Bertz CT molecular complexity index is 958. The minimum absolute atomic E-state index is 0.0577. The zero-order valence-corrected chi connectivity index (χ0v) is 17.4. The monoisotopic (exact) mass is 418 g/mol. The zero-order valence-electron chi connectivity index (χ0n) is 17.4. The molecular formula is C22H26O8. The predicted octanol–water partition coefficient (Wildman–Crippen LogP) is 2.67. The molecule has 0 fully saturated rings. The molecule has 0 bridgehead atoms. The number of aliphatic hydroxyl groups is 1. The third-order valence-electron chi connectivity index (χ3n) is 5.54. The van der Waals surface area contributed by atoms with E-state index in [9.17, 15) is 24.9 Å². The van der Waals surface area contributed by atoms with Crippen molar-refractivity contribution in [1.82, 2.24) is 0 Å². The Morgan fingerprint density at radius 1 is 1.37 bits per heavy atom. The summed E-state index contributed by atoms with van der Waals surface area (Å²) in [5.74, 6) is -2.07. The molecule has 0 saturated carbocycles. The quantitative estimate of drug-likeness (QED) is 0.493. The SMILES string of the molecule is CCCC1=CC2=C(CO1)C(=O)[C@](C)(OC(=O)c1c(C)cc(O)c(O)c1OC)[C@H](O)C2. The molecule has 1 heterocycles. The van der Waals surface area contributed by atoms with Gasteiger partial charge in [-0.15, -0.1) is 0 Å². The fraction of sp³-hybridized carbons (Fsp3) is 0.455. The fourth-order valence-electron chi connectivity index (χ4n) is 3.79. The molecule has 2 aliphatic rings. The largest absolute Gasteiger partial charge is 0.504 e. The second-order valence-electron chi connectivity index (χ2n) is 7.67. The van der Waals surface area contributed by atoms with Gasteiger partial charge in [-0.3, -0.25) is 4.79 Å². The van der Waals surface area contributed by atoms with Crippen molar-refractivity contribution in [2.45, 2.75) is 51.7 Å². The summed E-state index contributed by atoms with van der Waals surface area (Å²) in [7, 11) is 1.23. The number of allylic oxidation sites excluding steroid dienone is 2. The van der Waals surface area contributed by atoms with E-state index in [1.54, 1.807) is 6.08 Å². The average molecular weight is 418 g/mol. The Labute approximate surface area is 174 Å². The summed E-state index contributed by atoms with van der Waals surface area (Å²) in [5, 5.41) is 30.5. The number of aryl methyl sites for hydroxylation is 1. The second-order valence-corrected chi connectivity index (χ2v) is 7.67. The van der Waals surface area contributed by atoms with Gasteiger partial charge in [0.05, 0.1) is 12.9 Å². The van der Waals surface area contributed by atoms with E-state index in [4.69, 9.17) is 14.2 Å². The average Bonchev–Trinajstić information content (AvgIpc) is 2.69. The van der Waals surface area contributed by atoms with Gasteiger partial charge in [-0.25, -0.2) is 4.79 Å². The highest BCUT2D eigenvalue weighted by atomic mass is 16.6. The lowest BCUT2D eigenvalue weighted by Crippen LogP contribution is -2.54. The smallest absolute Gasteiger partial charge is 0.343 e. The Kier molecular flexibility index (Phi) is 5.81. The van der Waals surface area contributed by atoms with Gasteiger partial charge in [-0.1, -0.05) is 6.92 Å². The van der Waals surface area contributed by atoms with Gasteiger partial charge in [0.25, 0.3) is 0 Å². The lowest BCUT2D eigenvalue weighted by molar-refractivity contribution is -0.147. The molecule has 0 radical (unpaired) electrons. The lowest BCUT2D eigenvalue weighted by atomic mass is 9.77. The van der Waals surface area contributed by atoms with Gasteiger partial charge in [-0.2, -0.15) is 0 Å². The molecule has 2 atom stereocenters. The Morgan fingerprint density at radius 2 is 2.07 bits per heavy atom. The van der Waals surface area contributed by atoms with Crippen molar-refractivity contribution in [3.63, 3.8) is 0 Å². The van der Waals surface area contributed by atoms with Crippen molar-refractivity contribution >= 4 is 11.8 Å². The molecule has 162 valence electrons. The molecule has 0 unspecified atom stereocenters. The highest BCUT2D eigenvalue weighted by molar-refractivity contribution is 6.07. The number of phenolic OH excluding ortho intramolecular Hbond substituents is 2. The first-order valence-electron chi connectivity index (χ1n) is 9.75. The number of aromatic hydroxyl groups is 2. The maximum absolute atomic E-state index is 13.2. The zero-order chi connectivity index (χ0) is 22.2. The van der Waals surface area contributed by atoms with Gasteiger partial charge in [0.2, 0.25) is 11.5 Å². The summed E-state index contributed by atoms with van der Waals surface area (Å²) in [6.07, 6.45) is 2.27. The van der Waals surface area contributed by atoms with Gasteiger partial charge in [0.1, 0.15) is 18.3 Å². The molecule has 1 aliphatic heterocycles. The van der Waals surface area contributed by atoms with Crippen LogP contribution in [0.5, 0.6) is 17.2 Å². The summed E-state index contributed by atoms with van der Waals surface area (Å²) in [6, 6.07) is 1.19. The number of ketones is 1. The summed E-state index contributed by atoms with van der Waals surface area (Å²) in [4.78, 5) is 26.1. The second kappa shape index (κ2) is 8.02. The number of phenols is 2. The molecule has 1 aromatic rings. The van der Waals surface area contributed by atoms with E-state index in [1.807, 2.05) is 6.92 Å². The van der Waals surface area contributed by atoms with Crippen molar-refractivity contribution < 1.29 is 39.1 Å². The number of aliphatic hydroxyl groups excluding tert-OH is 1. The van der Waals surface area contributed by atoms with E-state index in [2.05, 4.69) is 0 Å². The molecule has 0 aromatic heterocycles. The highest BCUT2D eigenvalue weighted by Gasteiger charge is 2.50. The fourth-order valence-corrected chi connectivity index (χ4v) is 3.79. The topological polar surface area (TPSA) is 123 Å². The molecule has 3 N–H and O–H groups in total. The van der Waals surface area contributed by atoms with Crippen LogP contribution >= 0.6 is 0 Å². The van der Waals surface area contributed by atoms with Crippen LogP contribution in [-0.4, -0.2) is 52.5 Å². The molecule has 8 nitrogen and oxygen atoms in total. The van der Waals surface area contributed by atoms with Crippen molar-refractivity contribution in [2.24, 2.45) is 0 Å². The minimum Gasteiger partial charge on any atom is -0.504 e. The van der Waals surface area contributed by atoms with E-state index in [-0.39, 0.29) is 29.9 Å². The number of hydrogen-bond donors (Lipinski definition) is 3. The Morgan fingerprint density at radius 3 is 2.70 bits per heavy atom. The van der Waals surface area contributed by atoms with Crippen LogP contribution in [0.25, 0.3) is 0 Å². The van der Waals surface area contributed by atoms with Crippen LogP contribution in [0.2, 0.25) is 0 Å². The van der Waals surface area contributed by atoms with Gasteiger partial charge < -0.3 is 29.5 Å². The van der Waals surface area contributed by atoms with Gasteiger partial charge in [0, 0.05) is 18.4 Å². The molecule has 3 rings (SSSR count).